The van der Waals surface area contributed by atoms with Crippen LogP contribution in [0.2, 0.25) is 0 Å². The van der Waals surface area contributed by atoms with E-state index in [1.165, 1.54) is 0 Å². The molecule has 3 nitrogen and oxygen atoms in total. The lowest BCUT2D eigenvalue weighted by Crippen LogP contribution is -2.43. The molecule has 1 fully saturated rings. The van der Waals surface area contributed by atoms with Gasteiger partial charge < -0.3 is 0 Å². The van der Waals surface area contributed by atoms with Crippen LogP contribution in [0.4, 0.5) is 8.78 Å². The highest BCUT2D eigenvalue weighted by molar-refractivity contribution is 7.89. The van der Waals surface area contributed by atoms with Gasteiger partial charge in [0.15, 0.2) is 11.6 Å². The SMILES string of the molecule is C[C@@H]1[C@H](C)CCC[C@@H]1NS(=O)(=O)c1ccc(F)c(F)c1. The number of hydrogen-bond donors (Lipinski definition) is 1. The predicted octanol–water partition coefficient (Wildman–Crippen LogP) is 3.07. The molecule has 0 amide bonds. The van der Waals surface area contributed by atoms with Crippen LogP contribution in [0.25, 0.3) is 0 Å². The minimum atomic E-state index is -3.81. The van der Waals surface area contributed by atoms with Gasteiger partial charge in [0.1, 0.15) is 0 Å². The average molecular weight is 303 g/mol. The maximum absolute atomic E-state index is 13.2. The summed E-state index contributed by atoms with van der Waals surface area (Å²) in [5.74, 6) is -1.54. The first-order valence-electron chi connectivity index (χ1n) is 6.78. The van der Waals surface area contributed by atoms with Crippen LogP contribution in [0.15, 0.2) is 23.1 Å². The molecule has 0 spiro atoms. The molecule has 0 aliphatic heterocycles. The first kappa shape index (κ1) is 15.4. The Morgan fingerprint density at radius 3 is 2.50 bits per heavy atom. The van der Waals surface area contributed by atoms with E-state index in [-0.39, 0.29) is 16.9 Å². The predicted molar refractivity (Wildman–Crippen MR) is 72.6 cm³/mol. The Hall–Kier alpha value is -1.01. The Morgan fingerprint density at radius 1 is 1.15 bits per heavy atom. The Balaban J connectivity index is 2.20. The van der Waals surface area contributed by atoms with E-state index in [4.69, 9.17) is 0 Å². The number of halogens is 2. The van der Waals surface area contributed by atoms with Crippen LogP contribution in [0.5, 0.6) is 0 Å². The van der Waals surface area contributed by atoms with Gasteiger partial charge in [-0.15, -0.1) is 0 Å². The number of rotatable bonds is 3. The van der Waals surface area contributed by atoms with Gasteiger partial charge in [0.05, 0.1) is 4.90 Å². The second kappa shape index (κ2) is 5.77. The molecule has 1 N–H and O–H groups in total. The van der Waals surface area contributed by atoms with Crippen molar-refractivity contribution >= 4 is 10.0 Å². The summed E-state index contributed by atoms with van der Waals surface area (Å²) in [5.41, 5.74) is 0. The first-order valence-corrected chi connectivity index (χ1v) is 8.27. The van der Waals surface area contributed by atoms with Crippen molar-refractivity contribution in [1.29, 1.82) is 0 Å². The van der Waals surface area contributed by atoms with Crippen LogP contribution < -0.4 is 4.72 Å². The topological polar surface area (TPSA) is 46.2 Å². The van der Waals surface area contributed by atoms with Crippen LogP contribution in [0, 0.1) is 23.5 Å². The van der Waals surface area contributed by atoms with Crippen LogP contribution in [0.1, 0.15) is 33.1 Å². The lowest BCUT2D eigenvalue weighted by Gasteiger charge is -2.34. The molecule has 3 atom stereocenters. The fraction of sp³-hybridized carbons (Fsp3) is 0.571. The van der Waals surface area contributed by atoms with E-state index in [1.807, 2.05) is 6.92 Å². The molecule has 2 rings (SSSR count). The fourth-order valence-electron chi connectivity index (χ4n) is 2.66. The molecule has 20 heavy (non-hydrogen) atoms. The van der Waals surface area contributed by atoms with Crippen molar-refractivity contribution in [3.8, 4) is 0 Å². The molecular weight excluding hydrogens is 284 g/mol. The summed E-state index contributed by atoms with van der Waals surface area (Å²) in [5, 5.41) is 0. The zero-order valence-electron chi connectivity index (χ0n) is 11.6. The van der Waals surface area contributed by atoms with Crippen molar-refractivity contribution in [1.82, 2.24) is 4.72 Å². The number of benzene rings is 1. The Bertz CT molecular complexity index is 589. The summed E-state index contributed by atoms with van der Waals surface area (Å²) in [7, 11) is -3.81. The molecule has 0 heterocycles. The molecule has 1 aromatic rings. The number of sulfonamides is 1. The van der Waals surface area contributed by atoms with Gasteiger partial charge in [-0.25, -0.2) is 21.9 Å². The summed E-state index contributed by atoms with van der Waals surface area (Å²) in [4.78, 5) is -0.234. The number of nitrogens with one attached hydrogen (secondary N) is 1. The second-order valence-electron chi connectivity index (χ2n) is 5.57. The fourth-order valence-corrected chi connectivity index (χ4v) is 4.03. The maximum atomic E-state index is 13.2. The standard InChI is InChI=1S/C14H19F2NO2S/c1-9-4-3-5-14(10(9)2)17-20(18,19)11-6-7-12(15)13(16)8-11/h6-10,14,17H,3-5H2,1-2H3/t9-,10-,14+/m1/s1. The van der Waals surface area contributed by atoms with Crippen LogP contribution >= 0.6 is 0 Å². The summed E-state index contributed by atoms with van der Waals surface area (Å²) < 4.78 is 53.1. The normalized spacial score (nSPS) is 27.5. The van der Waals surface area contributed by atoms with Crippen molar-refractivity contribution in [3.63, 3.8) is 0 Å². The molecule has 0 bridgehead atoms. The largest absolute Gasteiger partial charge is 0.240 e. The van der Waals surface area contributed by atoms with Crippen molar-refractivity contribution in [2.75, 3.05) is 0 Å². The first-order chi connectivity index (χ1) is 9.31. The zero-order chi connectivity index (χ0) is 14.9. The highest BCUT2D eigenvalue weighted by Crippen LogP contribution is 2.30. The molecule has 1 aromatic carbocycles. The number of hydrogen-bond acceptors (Lipinski definition) is 2. The summed E-state index contributed by atoms with van der Waals surface area (Å²) in [6, 6.07) is 2.47. The third kappa shape index (κ3) is 3.17. The molecular formula is C14H19F2NO2S. The van der Waals surface area contributed by atoms with Gasteiger partial charge in [-0.05, 0) is 36.5 Å². The monoisotopic (exact) mass is 303 g/mol. The second-order valence-corrected chi connectivity index (χ2v) is 7.28. The molecule has 1 aliphatic carbocycles. The molecule has 6 heteroatoms. The minimum Gasteiger partial charge on any atom is -0.208 e. The van der Waals surface area contributed by atoms with Gasteiger partial charge in [0, 0.05) is 6.04 Å². The van der Waals surface area contributed by atoms with E-state index in [0.29, 0.717) is 12.0 Å². The van der Waals surface area contributed by atoms with Gasteiger partial charge >= 0.3 is 0 Å². The molecule has 1 aliphatic rings. The van der Waals surface area contributed by atoms with Crippen molar-refractivity contribution in [2.45, 2.75) is 44.0 Å². The van der Waals surface area contributed by atoms with E-state index in [0.717, 1.165) is 31.4 Å². The van der Waals surface area contributed by atoms with Gasteiger partial charge in [-0.1, -0.05) is 26.7 Å². The Kier molecular flexibility index (Phi) is 4.44. The van der Waals surface area contributed by atoms with E-state index < -0.39 is 21.7 Å². The van der Waals surface area contributed by atoms with E-state index >= 15 is 0 Å². The molecule has 0 aromatic heterocycles. The minimum absolute atomic E-state index is 0.156. The van der Waals surface area contributed by atoms with Crippen molar-refractivity contribution in [2.24, 2.45) is 11.8 Å². The van der Waals surface area contributed by atoms with Crippen molar-refractivity contribution < 1.29 is 17.2 Å². The van der Waals surface area contributed by atoms with Crippen LogP contribution in [-0.2, 0) is 10.0 Å². The average Bonchev–Trinajstić information content (AvgIpc) is 2.38. The quantitative estimate of drug-likeness (QED) is 0.933. The van der Waals surface area contributed by atoms with Gasteiger partial charge in [-0.2, -0.15) is 0 Å². The summed E-state index contributed by atoms with van der Waals surface area (Å²) >= 11 is 0. The van der Waals surface area contributed by atoms with Crippen molar-refractivity contribution in [3.05, 3.63) is 29.8 Å². The highest BCUT2D eigenvalue weighted by Gasteiger charge is 2.30. The van der Waals surface area contributed by atoms with Gasteiger partial charge in [0.2, 0.25) is 10.0 Å². The zero-order valence-corrected chi connectivity index (χ0v) is 12.4. The third-order valence-electron chi connectivity index (χ3n) is 4.21. The molecule has 1 saturated carbocycles. The lowest BCUT2D eigenvalue weighted by atomic mass is 9.78. The molecule has 0 radical (unpaired) electrons. The third-order valence-corrected chi connectivity index (χ3v) is 5.70. The molecule has 112 valence electrons. The van der Waals surface area contributed by atoms with Gasteiger partial charge in [0.25, 0.3) is 0 Å². The van der Waals surface area contributed by atoms with Crippen LogP contribution in [-0.4, -0.2) is 14.5 Å². The van der Waals surface area contributed by atoms with E-state index in [2.05, 4.69) is 11.6 Å². The van der Waals surface area contributed by atoms with E-state index in [1.54, 1.807) is 0 Å². The molecule has 0 unspecified atom stereocenters. The lowest BCUT2D eigenvalue weighted by molar-refractivity contribution is 0.227. The summed E-state index contributed by atoms with van der Waals surface area (Å²) in [6.45, 7) is 4.12. The Labute approximate surface area is 118 Å². The molecule has 0 saturated heterocycles. The Morgan fingerprint density at radius 2 is 1.85 bits per heavy atom. The van der Waals surface area contributed by atoms with Crippen LogP contribution in [0.3, 0.4) is 0 Å². The summed E-state index contributed by atoms with van der Waals surface area (Å²) in [6.07, 6.45) is 2.83. The maximum Gasteiger partial charge on any atom is 0.240 e. The smallest absolute Gasteiger partial charge is 0.208 e. The highest BCUT2D eigenvalue weighted by atomic mass is 32.2. The van der Waals surface area contributed by atoms with Gasteiger partial charge in [-0.3, -0.25) is 0 Å². The van der Waals surface area contributed by atoms with E-state index in [9.17, 15) is 17.2 Å².